The van der Waals surface area contributed by atoms with Gasteiger partial charge >= 0.3 is 0 Å². The van der Waals surface area contributed by atoms with Crippen LogP contribution in [0.25, 0.3) is 0 Å². The Balaban J connectivity index is 2.25. The van der Waals surface area contributed by atoms with Crippen LogP contribution in [0.15, 0.2) is 18.2 Å². The van der Waals surface area contributed by atoms with Gasteiger partial charge in [-0.3, -0.25) is 0 Å². The highest BCUT2D eigenvalue weighted by Crippen LogP contribution is 2.32. The van der Waals surface area contributed by atoms with Crippen LogP contribution in [0.4, 0.5) is 8.78 Å². The van der Waals surface area contributed by atoms with Crippen molar-refractivity contribution in [3.8, 4) is 5.75 Å². The average molecular weight is 213 g/mol. The fourth-order valence-corrected chi connectivity index (χ4v) is 1.94. The predicted octanol–water partition coefficient (Wildman–Crippen LogP) is 2.75. The molecule has 1 saturated heterocycles. The molecule has 2 nitrogen and oxygen atoms in total. The molecule has 1 aromatic rings. The number of benzene rings is 1. The van der Waals surface area contributed by atoms with Crippen molar-refractivity contribution in [2.24, 2.45) is 0 Å². The van der Waals surface area contributed by atoms with Gasteiger partial charge in [-0.1, -0.05) is 12.1 Å². The lowest BCUT2D eigenvalue weighted by molar-refractivity contribution is 0.151. The minimum absolute atomic E-state index is 0.0350. The number of alkyl halides is 2. The van der Waals surface area contributed by atoms with E-state index in [-0.39, 0.29) is 17.4 Å². The SMILES string of the molecule is Oc1cc(C(F)F)ccc1C1CCCN1. The molecule has 0 amide bonds. The number of phenolic OH excluding ortho intramolecular Hbond substituents is 1. The van der Waals surface area contributed by atoms with Crippen LogP contribution in [0.1, 0.15) is 36.4 Å². The van der Waals surface area contributed by atoms with Crippen LogP contribution < -0.4 is 5.32 Å². The van der Waals surface area contributed by atoms with Crippen molar-refractivity contribution in [3.63, 3.8) is 0 Å². The Kier molecular flexibility index (Phi) is 2.86. The second kappa shape index (κ2) is 4.14. The number of halogens is 2. The molecule has 0 aromatic heterocycles. The van der Waals surface area contributed by atoms with Crippen LogP contribution >= 0.6 is 0 Å². The Hall–Kier alpha value is -1.16. The van der Waals surface area contributed by atoms with E-state index in [1.165, 1.54) is 6.07 Å². The predicted molar refractivity (Wildman–Crippen MR) is 53.0 cm³/mol. The van der Waals surface area contributed by atoms with Gasteiger partial charge in [-0.05, 0) is 25.5 Å². The van der Waals surface area contributed by atoms with Gasteiger partial charge in [-0.15, -0.1) is 0 Å². The molecule has 15 heavy (non-hydrogen) atoms. The lowest BCUT2D eigenvalue weighted by Gasteiger charge is -2.13. The van der Waals surface area contributed by atoms with Crippen LogP contribution in [0, 0.1) is 0 Å². The van der Waals surface area contributed by atoms with Crippen LogP contribution in [-0.4, -0.2) is 11.7 Å². The zero-order valence-electron chi connectivity index (χ0n) is 8.21. The molecular weight excluding hydrogens is 200 g/mol. The molecule has 1 aliphatic heterocycles. The number of hydrogen-bond donors (Lipinski definition) is 2. The monoisotopic (exact) mass is 213 g/mol. The first-order valence-electron chi connectivity index (χ1n) is 5.03. The largest absolute Gasteiger partial charge is 0.508 e. The summed E-state index contributed by atoms with van der Waals surface area (Å²) in [6.07, 6.45) is -0.524. The molecule has 82 valence electrons. The Morgan fingerprint density at radius 1 is 1.40 bits per heavy atom. The van der Waals surface area contributed by atoms with Gasteiger partial charge in [-0.2, -0.15) is 0 Å². The number of aromatic hydroxyl groups is 1. The fraction of sp³-hybridized carbons (Fsp3) is 0.455. The standard InChI is InChI=1S/C11H13F2NO/c12-11(13)7-3-4-8(10(15)6-7)9-2-1-5-14-9/h3-4,6,9,11,14-15H,1-2,5H2. The molecule has 1 fully saturated rings. The van der Waals surface area contributed by atoms with E-state index < -0.39 is 6.43 Å². The first-order chi connectivity index (χ1) is 7.18. The van der Waals surface area contributed by atoms with Gasteiger partial charge in [0.05, 0.1) is 0 Å². The number of phenols is 1. The number of rotatable bonds is 2. The smallest absolute Gasteiger partial charge is 0.263 e. The van der Waals surface area contributed by atoms with Crippen LogP contribution in [-0.2, 0) is 0 Å². The Bertz CT molecular complexity index is 348. The summed E-state index contributed by atoms with van der Waals surface area (Å²) in [5, 5.41) is 12.8. The Labute approximate surface area is 86.9 Å². The van der Waals surface area contributed by atoms with Gasteiger partial charge < -0.3 is 10.4 Å². The summed E-state index contributed by atoms with van der Waals surface area (Å²) in [5.74, 6) is -0.0350. The molecule has 1 atom stereocenters. The van der Waals surface area contributed by atoms with E-state index >= 15 is 0 Å². The van der Waals surface area contributed by atoms with Gasteiger partial charge in [0, 0.05) is 17.2 Å². The second-order valence-corrected chi connectivity index (χ2v) is 3.77. The van der Waals surface area contributed by atoms with E-state index in [2.05, 4.69) is 5.32 Å². The molecule has 1 unspecified atom stereocenters. The molecule has 1 aliphatic rings. The third-order valence-electron chi connectivity index (χ3n) is 2.74. The van der Waals surface area contributed by atoms with E-state index in [0.29, 0.717) is 0 Å². The fourth-order valence-electron chi connectivity index (χ4n) is 1.94. The van der Waals surface area contributed by atoms with E-state index in [4.69, 9.17) is 0 Å². The zero-order chi connectivity index (χ0) is 10.8. The Morgan fingerprint density at radius 2 is 2.20 bits per heavy atom. The molecule has 1 aromatic carbocycles. The zero-order valence-corrected chi connectivity index (χ0v) is 8.21. The molecule has 1 heterocycles. The van der Waals surface area contributed by atoms with Crippen molar-refractivity contribution in [3.05, 3.63) is 29.3 Å². The molecule has 2 N–H and O–H groups in total. The van der Waals surface area contributed by atoms with Gasteiger partial charge in [0.15, 0.2) is 0 Å². The van der Waals surface area contributed by atoms with E-state index in [1.807, 2.05) is 0 Å². The average Bonchev–Trinajstić information content (AvgIpc) is 2.70. The van der Waals surface area contributed by atoms with Crippen LogP contribution in [0.2, 0.25) is 0 Å². The molecular formula is C11H13F2NO. The maximum absolute atomic E-state index is 12.3. The molecule has 2 rings (SSSR count). The van der Waals surface area contributed by atoms with E-state index in [0.717, 1.165) is 31.0 Å². The molecule has 0 spiro atoms. The van der Waals surface area contributed by atoms with Crippen molar-refractivity contribution >= 4 is 0 Å². The summed E-state index contributed by atoms with van der Waals surface area (Å²) >= 11 is 0. The highest BCUT2D eigenvalue weighted by Gasteiger charge is 2.20. The molecule has 0 saturated carbocycles. The lowest BCUT2D eigenvalue weighted by Crippen LogP contribution is -2.12. The minimum Gasteiger partial charge on any atom is -0.508 e. The molecule has 0 aliphatic carbocycles. The number of hydrogen-bond acceptors (Lipinski definition) is 2. The van der Waals surface area contributed by atoms with E-state index in [9.17, 15) is 13.9 Å². The Morgan fingerprint density at radius 3 is 2.73 bits per heavy atom. The highest BCUT2D eigenvalue weighted by atomic mass is 19.3. The van der Waals surface area contributed by atoms with Gasteiger partial charge in [0.2, 0.25) is 0 Å². The van der Waals surface area contributed by atoms with Gasteiger partial charge in [0.25, 0.3) is 6.43 Å². The first kappa shape index (κ1) is 10.4. The van der Waals surface area contributed by atoms with Crippen LogP contribution in [0.3, 0.4) is 0 Å². The maximum atomic E-state index is 12.3. The summed E-state index contributed by atoms with van der Waals surface area (Å²) < 4.78 is 24.7. The summed E-state index contributed by atoms with van der Waals surface area (Å²) in [6.45, 7) is 0.917. The summed E-state index contributed by atoms with van der Waals surface area (Å²) in [5.41, 5.74) is 0.589. The van der Waals surface area contributed by atoms with Gasteiger partial charge in [-0.25, -0.2) is 8.78 Å². The quantitative estimate of drug-likeness (QED) is 0.791. The normalized spacial score (nSPS) is 21.1. The highest BCUT2D eigenvalue weighted by molar-refractivity contribution is 5.39. The molecule has 0 bridgehead atoms. The molecule has 0 radical (unpaired) electrons. The van der Waals surface area contributed by atoms with Gasteiger partial charge in [0.1, 0.15) is 5.75 Å². The minimum atomic E-state index is -2.53. The van der Waals surface area contributed by atoms with Crippen molar-refractivity contribution in [2.75, 3.05) is 6.54 Å². The topological polar surface area (TPSA) is 32.3 Å². The summed E-state index contributed by atoms with van der Waals surface area (Å²) in [7, 11) is 0. The third-order valence-corrected chi connectivity index (χ3v) is 2.74. The van der Waals surface area contributed by atoms with Crippen molar-refractivity contribution in [2.45, 2.75) is 25.3 Å². The summed E-state index contributed by atoms with van der Waals surface area (Å²) in [4.78, 5) is 0. The first-order valence-corrected chi connectivity index (χ1v) is 5.03. The van der Waals surface area contributed by atoms with Crippen molar-refractivity contribution in [1.29, 1.82) is 0 Å². The van der Waals surface area contributed by atoms with E-state index in [1.54, 1.807) is 6.07 Å². The third kappa shape index (κ3) is 2.09. The summed E-state index contributed by atoms with van der Waals surface area (Å²) in [6, 6.07) is 4.22. The molecule has 4 heteroatoms. The van der Waals surface area contributed by atoms with Crippen LogP contribution in [0.5, 0.6) is 5.75 Å². The number of nitrogens with one attached hydrogen (secondary N) is 1. The lowest BCUT2D eigenvalue weighted by atomic mass is 10.0. The maximum Gasteiger partial charge on any atom is 0.263 e. The second-order valence-electron chi connectivity index (χ2n) is 3.77. The van der Waals surface area contributed by atoms with Crippen molar-refractivity contribution in [1.82, 2.24) is 5.32 Å². The van der Waals surface area contributed by atoms with Crippen molar-refractivity contribution < 1.29 is 13.9 Å².